The van der Waals surface area contributed by atoms with Crippen molar-refractivity contribution in [1.82, 2.24) is 4.98 Å². The van der Waals surface area contributed by atoms with Gasteiger partial charge in [-0.25, -0.2) is 9.78 Å². The number of hydrogen-bond donors (Lipinski definition) is 2. The third kappa shape index (κ3) is 3.48. The molecular weight excluding hydrogens is 290 g/mol. The molecule has 0 spiro atoms. The van der Waals surface area contributed by atoms with Gasteiger partial charge in [0, 0.05) is 18.8 Å². The van der Waals surface area contributed by atoms with Crippen molar-refractivity contribution < 1.29 is 19.6 Å². The van der Waals surface area contributed by atoms with Gasteiger partial charge in [0.05, 0.1) is 17.6 Å². The van der Waals surface area contributed by atoms with Crippen LogP contribution in [0.1, 0.15) is 15.9 Å². The third-order valence-corrected chi connectivity index (χ3v) is 2.86. The molecular formula is C14H13N3O5. The third-order valence-electron chi connectivity index (χ3n) is 2.86. The van der Waals surface area contributed by atoms with Crippen molar-refractivity contribution >= 4 is 17.5 Å². The first-order chi connectivity index (χ1) is 10.5. The number of nitrogens with zero attached hydrogens (tertiary/aromatic N) is 2. The van der Waals surface area contributed by atoms with Crippen LogP contribution in [0, 0.1) is 10.1 Å². The number of aromatic nitrogens is 1. The van der Waals surface area contributed by atoms with Crippen LogP contribution in [0.15, 0.2) is 36.5 Å². The predicted molar refractivity (Wildman–Crippen MR) is 77.7 cm³/mol. The first-order valence-corrected chi connectivity index (χ1v) is 6.26. The molecule has 0 aliphatic rings. The molecule has 1 aromatic carbocycles. The van der Waals surface area contributed by atoms with E-state index in [0.29, 0.717) is 0 Å². The van der Waals surface area contributed by atoms with Crippen molar-refractivity contribution in [3.63, 3.8) is 0 Å². The lowest BCUT2D eigenvalue weighted by Gasteiger charge is -2.07. The fourth-order valence-electron chi connectivity index (χ4n) is 1.81. The van der Waals surface area contributed by atoms with Crippen molar-refractivity contribution in [2.75, 3.05) is 12.4 Å². The molecule has 0 amide bonds. The van der Waals surface area contributed by atoms with E-state index in [1.807, 2.05) is 0 Å². The molecule has 0 bridgehead atoms. The number of methoxy groups -OCH3 is 1. The number of benzene rings is 1. The lowest BCUT2D eigenvalue weighted by Crippen LogP contribution is -2.08. The minimum Gasteiger partial charge on any atom is -0.508 e. The minimum atomic E-state index is -0.699. The van der Waals surface area contributed by atoms with Gasteiger partial charge in [-0.3, -0.25) is 10.1 Å². The SMILES string of the molecule is COC(=O)c1cnc(NCc2cccc(O)c2)c([N+](=O)[O-])c1. The standard InChI is InChI=1S/C14H13N3O5/c1-22-14(19)10-6-12(17(20)21)13(16-8-10)15-7-9-3-2-4-11(18)5-9/h2-6,8,18H,7H2,1H3,(H,15,16). The topological polar surface area (TPSA) is 115 Å². The van der Waals surface area contributed by atoms with Gasteiger partial charge in [0.2, 0.25) is 5.82 Å². The molecule has 0 radical (unpaired) electrons. The smallest absolute Gasteiger partial charge is 0.339 e. The van der Waals surface area contributed by atoms with Crippen LogP contribution in [-0.2, 0) is 11.3 Å². The van der Waals surface area contributed by atoms with E-state index in [-0.39, 0.29) is 29.4 Å². The molecule has 0 saturated carbocycles. The van der Waals surface area contributed by atoms with E-state index in [1.54, 1.807) is 12.1 Å². The summed E-state index contributed by atoms with van der Waals surface area (Å²) in [5, 5.41) is 23.3. The number of esters is 1. The van der Waals surface area contributed by atoms with Gasteiger partial charge in [-0.1, -0.05) is 12.1 Å². The minimum absolute atomic E-state index is 0.00268. The number of carbonyl (C=O) groups excluding carboxylic acids is 1. The average Bonchev–Trinajstić information content (AvgIpc) is 2.52. The van der Waals surface area contributed by atoms with Crippen LogP contribution in [0.5, 0.6) is 5.75 Å². The average molecular weight is 303 g/mol. The molecule has 8 heteroatoms. The first-order valence-electron chi connectivity index (χ1n) is 6.26. The summed E-state index contributed by atoms with van der Waals surface area (Å²) in [5.74, 6) is -0.570. The number of nitro groups is 1. The van der Waals surface area contributed by atoms with Crippen LogP contribution in [-0.4, -0.2) is 28.1 Å². The summed E-state index contributed by atoms with van der Waals surface area (Å²) in [7, 11) is 1.18. The van der Waals surface area contributed by atoms with Crippen molar-refractivity contribution in [3.05, 3.63) is 57.8 Å². The highest BCUT2D eigenvalue weighted by Gasteiger charge is 2.19. The zero-order valence-electron chi connectivity index (χ0n) is 11.6. The summed E-state index contributed by atoms with van der Waals surface area (Å²) in [4.78, 5) is 25.7. The molecule has 2 rings (SSSR count). The molecule has 114 valence electrons. The van der Waals surface area contributed by atoms with E-state index in [0.717, 1.165) is 11.6 Å². The highest BCUT2D eigenvalue weighted by Crippen LogP contribution is 2.24. The highest BCUT2D eigenvalue weighted by molar-refractivity contribution is 5.90. The maximum atomic E-state index is 11.4. The molecule has 22 heavy (non-hydrogen) atoms. The van der Waals surface area contributed by atoms with E-state index in [1.165, 1.54) is 25.4 Å². The molecule has 0 fully saturated rings. The Kier molecular flexibility index (Phi) is 4.52. The van der Waals surface area contributed by atoms with Crippen LogP contribution < -0.4 is 5.32 Å². The molecule has 1 heterocycles. The quantitative estimate of drug-likeness (QED) is 0.493. The lowest BCUT2D eigenvalue weighted by molar-refractivity contribution is -0.384. The maximum Gasteiger partial charge on any atom is 0.339 e. The van der Waals surface area contributed by atoms with E-state index in [9.17, 15) is 20.0 Å². The molecule has 0 unspecified atom stereocenters. The van der Waals surface area contributed by atoms with Gasteiger partial charge in [0.1, 0.15) is 5.75 Å². The lowest BCUT2D eigenvalue weighted by atomic mass is 10.2. The van der Waals surface area contributed by atoms with Gasteiger partial charge in [-0.2, -0.15) is 0 Å². The number of hydrogen-bond acceptors (Lipinski definition) is 7. The maximum absolute atomic E-state index is 11.4. The van der Waals surface area contributed by atoms with Gasteiger partial charge < -0.3 is 15.2 Å². The van der Waals surface area contributed by atoms with Gasteiger partial charge in [-0.15, -0.1) is 0 Å². The molecule has 2 aromatic rings. The zero-order valence-corrected chi connectivity index (χ0v) is 11.6. The Labute approximate surface area is 125 Å². The van der Waals surface area contributed by atoms with Gasteiger partial charge in [0.25, 0.3) is 0 Å². The molecule has 0 aliphatic carbocycles. The number of pyridine rings is 1. The second-order valence-electron chi connectivity index (χ2n) is 4.36. The predicted octanol–water partition coefficient (Wildman–Crippen LogP) is 2.09. The molecule has 8 nitrogen and oxygen atoms in total. The number of anilines is 1. The molecule has 0 atom stereocenters. The van der Waals surface area contributed by atoms with Crippen molar-refractivity contribution in [2.24, 2.45) is 0 Å². The first kappa shape index (κ1) is 15.2. The van der Waals surface area contributed by atoms with Gasteiger partial charge in [-0.05, 0) is 17.7 Å². The Hall–Kier alpha value is -3.16. The normalized spacial score (nSPS) is 10.0. The Bertz CT molecular complexity index is 717. The Morgan fingerprint density at radius 1 is 1.45 bits per heavy atom. The summed E-state index contributed by atoms with van der Waals surface area (Å²) in [6.45, 7) is 0.236. The second kappa shape index (κ2) is 6.53. The molecule has 0 saturated heterocycles. The molecule has 2 N–H and O–H groups in total. The van der Waals surface area contributed by atoms with Crippen LogP contribution in [0.3, 0.4) is 0 Å². The van der Waals surface area contributed by atoms with Gasteiger partial charge >= 0.3 is 11.7 Å². The largest absolute Gasteiger partial charge is 0.508 e. The van der Waals surface area contributed by atoms with Crippen molar-refractivity contribution in [3.8, 4) is 5.75 Å². The zero-order chi connectivity index (χ0) is 16.1. The number of rotatable bonds is 5. The number of aromatic hydroxyl groups is 1. The van der Waals surface area contributed by atoms with Crippen molar-refractivity contribution in [1.29, 1.82) is 0 Å². The fourth-order valence-corrected chi connectivity index (χ4v) is 1.81. The van der Waals surface area contributed by atoms with E-state index in [4.69, 9.17) is 0 Å². The van der Waals surface area contributed by atoms with Crippen LogP contribution >= 0.6 is 0 Å². The fraction of sp³-hybridized carbons (Fsp3) is 0.143. The molecule has 1 aromatic heterocycles. The summed E-state index contributed by atoms with van der Waals surface area (Å²) < 4.78 is 4.50. The monoisotopic (exact) mass is 303 g/mol. The molecule has 0 aliphatic heterocycles. The highest BCUT2D eigenvalue weighted by atomic mass is 16.6. The number of carbonyl (C=O) groups is 1. The number of phenolic OH excluding ortho intramolecular Hbond substituents is 1. The van der Waals surface area contributed by atoms with Crippen LogP contribution in [0.4, 0.5) is 11.5 Å². The number of nitrogens with one attached hydrogen (secondary N) is 1. The number of ether oxygens (including phenoxy) is 1. The summed E-state index contributed by atoms with van der Waals surface area (Å²) in [6.07, 6.45) is 1.20. The van der Waals surface area contributed by atoms with Crippen LogP contribution in [0.25, 0.3) is 0 Å². The van der Waals surface area contributed by atoms with Crippen LogP contribution in [0.2, 0.25) is 0 Å². The van der Waals surface area contributed by atoms with E-state index in [2.05, 4.69) is 15.0 Å². The van der Waals surface area contributed by atoms with E-state index >= 15 is 0 Å². The Morgan fingerprint density at radius 2 is 2.23 bits per heavy atom. The summed E-state index contributed by atoms with van der Waals surface area (Å²) in [6, 6.07) is 7.57. The van der Waals surface area contributed by atoms with E-state index < -0.39 is 10.9 Å². The Balaban J connectivity index is 2.23. The second-order valence-corrected chi connectivity index (χ2v) is 4.36. The Morgan fingerprint density at radius 3 is 2.86 bits per heavy atom. The summed E-state index contributed by atoms with van der Waals surface area (Å²) >= 11 is 0. The number of phenols is 1. The summed E-state index contributed by atoms with van der Waals surface area (Å²) in [5.41, 5.74) is 0.397. The van der Waals surface area contributed by atoms with Gasteiger partial charge in [0.15, 0.2) is 0 Å². The van der Waals surface area contributed by atoms with Crippen molar-refractivity contribution in [2.45, 2.75) is 6.54 Å².